The van der Waals surface area contributed by atoms with Crippen molar-refractivity contribution in [2.45, 2.75) is 19.9 Å². The number of benzene rings is 1. The number of nitrogens with one attached hydrogen (secondary N) is 2. The van der Waals surface area contributed by atoms with Crippen molar-refractivity contribution < 1.29 is 4.39 Å². The fraction of sp³-hybridized carbons (Fsp3) is 0.190. The number of aromatic amines is 1. The van der Waals surface area contributed by atoms with Crippen LogP contribution in [-0.2, 0) is 7.05 Å². The van der Waals surface area contributed by atoms with Crippen molar-refractivity contribution in [3.05, 3.63) is 75.2 Å². The first-order valence-electron chi connectivity index (χ1n) is 9.07. The molecule has 29 heavy (non-hydrogen) atoms. The molecule has 0 aliphatic rings. The Hall–Kier alpha value is -3.19. The molecule has 0 bridgehead atoms. The highest BCUT2D eigenvalue weighted by atomic mass is 35.5. The van der Waals surface area contributed by atoms with Gasteiger partial charge < -0.3 is 10.3 Å². The molecule has 0 saturated carbocycles. The Morgan fingerprint density at radius 1 is 1.24 bits per heavy atom. The highest BCUT2D eigenvalue weighted by Gasteiger charge is 2.18. The summed E-state index contributed by atoms with van der Waals surface area (Å²) >= 11 is 6.06. The van der Waals surface area contributed by atoms with Gasteiger partial charge >= 0.3 is 0 Å². The zero-order chi connectivity index (χ0) is 20.7. The third-order valence-corrected chi connectivity index (χ3v) is 5.30. The number of hydrogen-bond donors (Lipinski definition) is 2. The third-order valence-electron chi connectivity index (χ3n) is 5.07. The largest absolute Gasteiger partial charge is 0.361 e. The van der Waals surface area contributed by atoms with Crippen molar-refractivity contribution in [1.82, 2.24) is 19.7 Å². The number of anilines is 1. The third kappa shape index (κ3) is 3.49. The number of halogens is 2. The monoisotopic (exact) mass is 411 g/mol. The van der Waals surface area contributed by atoms with E-state index in [2.05, 4.69) is 20.4 Å². The van der Waals surface area contributed by atoms with Gasteiger partial charge in [0, 0.05) is 51.6 Å². The maximum atomic E-state index is 15.2. The summed E-state index contributed by atoms with van der Waals surface area (Å²) in [6.07, 6.45) is 3.16. The number of hydrogen-bond acceptors (Lipinski definition) is 4. The van der Waals surface area contributed by atoms with Crippen LogP contribution < -0.4 is 10.9 Å². The van der Waals surface area contributed by atoms with Gasteiger partial charge in [0.05, 0.1) is 12.2 Å². The number of H-pyrrole nitrogens is 1. The summed E-state index contributed by atoms with van der Waals surface area (Å²) in [7, 11) is 1.80. The molecule has 2 N–H and O–H groups in total. The SMILES string of the molecule is Cc1c(-c2ccnc(N[C@@H](C)c3cc4cc(Cl)ccc4[nH]c3=O)c2F)cnn1C. The number of rotatable bonds is 4. The molecule has 3 aromatic heterocycles. The zero-order valence-electron chi connectivity index (χ0n) is 16.1. The van der Waals surface area contributed by atoms with E-state index in [0.717, 1.165) is 11.1 Å². The highest BCUT2D eigenvalue weighted by Crippen LogP contribution is 2.30. The van der Waals surface area contributed by atoms with E-state index in [1.165, 1.54) is 6.20 Å². The Morgan fingerprint density at radius 3 is 2.76 bits per heavy atom. The Balaban J connectivity index is 1.70. The highest BCUT2D eigenvalue weighted by molar-refractivity contribution is 6.31. The summed E-state index contributed by atoms with van der Waals surface area (Å²) in [5, 5.41) is 8.56. The van der Waals surface area contributed by atoms with Crippen LogP contribution in [0.15, 0.2) is 47.5 Å². The molecule has 0 spiro atoms. The molecule has 1 atom stereocenters. The number of pyridine rings is 2. The Bertz CT molecular complexity index is 1280. The van der Waals surface area contributed by atoms with Gasteiger partial charge in [-0.2, -0.15) is 5.10 Å². The van der Waals surface area contributed by atoms with Gasteiger partial charge in [0.2, 0.25) is 0 Å². The van der Waals surface area contributed by atoms with E-state index >= 15 is 4.39 Å². The van der Waals surface area contributed by atoms with Gasteiger partial charge in [-0.05, 0) is 44.2 Å². The number of fused-ring (bicyclic) bond motifs is 1. The van der Waals surface area contributed by atoms with E-state index in [9.17, 15) is 4.79 Å². The van der Waals surface area contributed by atoms with Crippen molar-refractivity contribution in [3.8, 4) is 11.1 Å². The van der Waals surface area contributed by atoms with Gasteiger partial charge in [0.1, 0.15) is 0 Å². The minimum atomic E-state index is -0.490. The normalized spacial score (nSPS) is 12.3. The molecule has 0 unspecified atom stereocenters. The fourth-order valence-corrected chi connectivity index (χ4v) is 3.49. The molecule has 0 aliphatic carbocycles. The van der Waals surface area contributed by atoms with Crippen LogP contribution in [0.5, 0.6) is 0 Å². The second-order valence-corrected chi connectivity index (χ2v) is 7.38. The zero-order valence-corrected chi connectivity index (χ0v) is 16.9. The summed E-state index contributed by atoms with van der Waals surface area (Å²) in [6.45, 7) is 3.65. The molecular weight excluding hydrogens is 393 g/mol. The average Bonchev–Trinajstić information content (AvgIpc) is 3.02. The van der Waals surface area contributed by atoms with E-state index in [1.54, 1.807) is 55.2 Å². The molecule has 0 amide bonds. The van der Waals surface area contributed by atoms with Crippen LogP contribution in [0.4, 0.5) is 10.2 Å². The maximum Gasteiger partial charge on any atom is 0.253 e. The van der Waals surface area contributed by atoms with Crippen molar-refractivity contribution in [2.24, 2.45) is 7.05 Å². The van der Waals surface area contributed by atoms with Crippen LogP contribution in [-0.4, -0.2) is 19.7 Å². The molecule has 0 radical (unpaired) electrons. The number of aromatic nitrogens is 4. The lowest BCUT2D eigenvalue weighted by Gasteiger charge is -2.16. The van der Waals surface area contributed by atoms with Crippen LogP contribution >= 0.6 is 11.6 Å². The first-order valence-corrected chi connectivity index (χ1v) is 9.45. The molecule has 4 rings (SSSR count). The molecule has 1 aromatic carbocycles. The predicted octanol–water partition coefficient (Wildman–Crippen LogP) is 4.60. The first kappa shape index (κ1) is 19.1. The van der Waals surface area contributed by atoms with Gasteiger partial charge in [0.25, 0.3) is 5.56 Å². The van der Waals surface area contributed by atoms with Crippen molar-refractivity contribution in [2.75, 3.05) is 5.32 Å². The van der Waals surface area contributed by atoms with E-state index < -0.39 is 11.9 Å². The second kappa shape index (κ2) is 7.33. The molecular formula is C21H19ClFN5O. The molecule has 8 heteroatoms. The molecule has 0 saturated heterocycles. The van der Waals surface area contributed by atoms with Gasteiger partial charge in [-0.3, -0.25) is 9.48 Å². The molecule has 3 heterocycles. The van der Waals surface area contributed by atoms with Gasteiger partial charge in [-0.25, -0.2) is 9.37 Å². The van der Waals surface area contributed by atoms with E-state index in [4.69, 9.17) is 11.6 Å². The van der Waals surface area contributed by atoms with Crippen LogP contribution in [0.3, 0.4) is 0 Å². The molecule has 148 valence electrons. The van der Waals surface area contributed by atoms with Gasteiger partial charge in [-0.15, -0.1) is 0 Å². The van der Waals surface area contributed by atoms with E-state index in [0.29, 0.717) is 27.2 Å². The van der Waals surface area contributed by atoms with Crippen LogP contribution in [0.25, 0.3) is 22.0 Å². The predicted molar refractivity (Wildman–Crippen MR) is 113 cm³/mol. The Labute approximate surface area is 171 Å². The molecule has 6 nitrogen and oxygen atoms in total. The summed E-state index contributed by atoms with van der Waals surface area (Å²) in [4.78, 5) is 19.5. The van der Waals surface area contributed by atoms with Gasteiger partial charge in [0.15, 0.2) is 11.6 Å². The lowest BCUT2D eigenvalue weighted by molar-refractivity contribution is 0.624. The molecule has 0 aliphatic heterocycles. The molecule has 4 aromatic rings. The lowest BCUT2D eigenvalue weighted by atomic mass is 10.1. The van der Waals surface area contributed by atoms with Crippen LogP contribution in [0.2, 0.25) is 5.02 Å². The smallest absolute Gasteiger partial charge is 0.253 e. The Kier molecular flexibility index (Phi) is 4.84. The number of aryl methyl sites for hydroxylation is 1. The molecule has 0 fully saturated rings. The van der Waals surface area contributed by atoms with Crippen molar-refractivity contribution in [3.63, 3.8) is 0 Å². The van der Waals surface area contributed by atoms with Crippen molar-refractivity contribution in [1.29, 1.82) is 0 Å². The lowest BCUT2D eigenvalue weighted by Crippen LogP contribution is -2.20. The Morgan fingerprint density at radius 2 is 2.03 bits per heavy atom. The second-order valence-electron chi connectivity index (χ2n) is 6.94. The summed E-state index contributed by atoms with van der Waals surface area (Å²) in [6, 6.07) is 8.13. The fourth-order valence-electron chi connectivity index (χ4n) is 3.31. The average molecular weight is 412 g/mol. The van der Waals surface area contributed by atoms with Crippen LogP contribution in [0, 0.1) is 12.7 Å². The quantitative estimate of drug-likeness (QED) is 0.514. The van der Waals surface area contributed by atoms with Gasteiger partial charge in [-0.1, -0.05) is 11.6 Å². The van der Waals surface area contributed by atoms with E-state index in [1.807, 2.05) is 6.92 Å². The van der Waals surface area contributed by atoms with Crippen LogP contribution in [0.1, 0.15) is 24.2 Å². The van der Waals surface area contributed by atoms with Crippen molar-refractivity contribution >= 4 is 28.3 Å². The maximum absolute atomic E-state index is 15.2. The summed E-state index contributed by atoms with van der Waals surface area (Å²) in [5.41, 5.74) is 2.84. The first-order chi connectivity index (χ1) is 13.8. The van der Waals surface area contributed by atoms with E-state index in [-0.39, 0.29) is 11.4 Å². The summed E-state index contributed by atoms with van der Waals surface area (Å²) in [5.74, 6) is -0.417. The minimum Gasteiger partial charge on any atom is -0.361 e. The minimum absolute atomic E-state index is 0.0730. The number of nitrogens with zero attached hydrogens (tertiary/aromatic N) is 3. The topological polar surface area (TPSA) is 75.6 Å². The summed E-state index contributed by atoms with van der Waals surface area (Å²) < 4.78 is 16.8. The standard InChI is InChI=1S/C21H19ClFN5O/c1-11(16-9-13-8-14(22)4-5-18(13)27-21(16)29)26-20-19(23)15(6-7-24-20)17-10-25-28(3)12(17)2/h4-11H,1-3H3,(H,24,26)(H,27,29)/t11-/m0/s1.